The molecule has 0 spiro atoms. The fraction of sp³-hybridized carbons (Fsp3) is 0.462. The maximum atomic E-state index is 13.7. The quantitative estimate of drug-likeness (QED) is 0.858. The number of carbonyl (C=O) groups excluding carboxylic acids is 1. The molecule has 1 aromatic carbocycles. The molecule has 0 aromatic heterocycles. The van der Waals surface area contributed by atoms with Crippen LogP contribution in [-0.4, -0.2) is 37.6 Å². The minimum atomic E-state index is -0.713. The third-order valence-corrected chi connectivity index (χ3v) is 2.52. The number of halogens is 1. The van der Waals surface area contributed by atoms with Crippen molar-refractivity contribution in [2.24, 2.45) is 5.73 Å². The zero-order valence-electron chi connectivity index (χ0n) is 10.9. The van der Waals surface area contributed by atoms with Crippen LogP contribution in [0.5, 0.6) is 5.75 Å². The van der Waals surface area contributed by atoms with Gasteiger partial charge in [0.2, 0.25) is 0 Å². The van der Waals surface area contributed by atoms with Crippen molar-refractivity contribution in [3.8, 4) is 5.75 Å². The highest BCUT2D eigenvalue weighted by molar-refractivity contribution is 5.80. The molecule has 0 radical (unpaired) electrons. The fourth-order valence-corrected chi connectivity index (χ4v) is 1.57. The highest BCUT2D eigenvalue weighted by atomic mass is 19.1. The third-order valence-electron chi connectivity index (χ3n) is 2.52. The van der Waals surface area contributed by atoms with Crippen molar-refractivity contribution in [3.63, 3.8) is 0 Å². The van der Waals surface area contributed by atoms with Crippen LogP contribution in [0.2, 0.25) is 0 Å². The minimum Gasteiger partial charge on any atom is -0.478 e. The zero-order valence-corrected chi connectivity index (χ0v) is 10.9. The first-order valence-corrected chi connectivity index (χ1v) is 5.82. The van der Waals surface area contributed by atoms with Gasteiger partial charge in [0.25, 0.3) is 5.91 Å². The summed E-state index contributed by atoms with van der Waals surface area (Å²) in [5.74, 6) is -0.599. The first-order chi connectivity index (χ1) is 8.45. The molecule has 1 amide bonds. The molecule has 1 atom stereocenters. The molecule has 5 heteroatoms. The Kier molecular flexibility index (Phi) is 5.09. The number of ether oxygens (including phenoxy) is 1. The first-order valence-electron chi connectivity index (χ1n) is 5.82. The molecule has 0 heterocycles. The molecule has 100 valence electrons. The van der Waals surface area contributed by atoms with Crippen molar-refractivity contribution < 1.29 is 13.9 Å². The summed E-state index contributed by atoms with van der Waals surface area (Å²) in [5, 5.41) is 0. The maximum Gasteiger partial charge on any atom is 0.262 e. The number of carbonyl (C=O) groups is 1. The monoisotopic (exact) mass is 254 g/mol. The van der Waals surface area contributed by atoms with Crippen LogP contribution in [-0.2, 0) is 11.2 Å². The second-order valence-electron chi connectivity index (χ2n) is 4.30. The SMILES string of the molecule is CC(Oc1ccc(CCN)cc1F)C(=O)N(C)C. The Labute approximate surface area is 107 Å². The van der Waals surface area contributed by atoms with Crippen molar-refractivity contribution in [3.05, 3.63) is 29.6 Å². The van der Waals surface area contributed by atoms with Gasteiger partial charge in [0, 0.05) is 14.1 Å². The molecule has 0 aliphatic heterocycles. The van der Waals surface area contributed by atoms with Gasteiger partial charge in [0.05, 0.1) is 0 Å². The highest BCUT2D eigenvalue weighted by Gasteiger charge is 2.18. The molecule has 1 rings (SSSR count). The number of nitrogens with zero attached hydrogens (tertiary/aromatic N) is 1. The highest BCUT2D eigenvalue weighted by Crippen LogP contribution is 2.20. The standard InChI is InChI=1S/C13H19FN2O2/c1-9(13(17)16(2)3)18-12-5-4-10(6-7-15)8-11(12)14/h4-5,8-9H,6-7,15H2,1-3H3. The van der Waals surface area contributed by atoms with Crippen molar-refractivity contribution in [2.45, 2.75) is 19.4 Å². The molecule has 0 fully saturated rings. The van der Waals surface area contributed by atoms with E-state index in [1.54, 1.807) is 27.1 Å². The normalized spacial score (nSPS) is 12.1. The van der Waals surface area contributed by atoms with Crippen molar-refractivity contribution in [1.82, 2.24) is 4.90 Å². The molecule has 0 saturated heterocycles. The molecule has 1 aromatic rings. The molecule has 0 bridgehead atoms. The van der Waals surface area contributed by atoms with Crippen LogP contribution in [0, 0.1) is 5.82 Å². The second kappa shape index (κ2) is 6.35. The summed E-state index contributed by atoms with van der Waals surface area (Å²) < 4.78 is 19.0. The summed E-state index contributed by atoms with van der Waals surface area (Å²) in [6.45, 7) is 2.06. The number of rotatable bonds is 5. The van der Waals surface area contributed by atoms with Gasteiger partial charge in [-0.2, -0.15) is 0 Å². The van der Waals surface area contributed by atoms with Crippen LogP contribution >= 0.6 is 0 Å². The number of benzene rings is 1. The van der Waals surface area contributed by atoms with E-state index in [0.29, 0.717) is 13.0 Å². The van der Waals surface area contributed by atoms with Gasteiger partial charge in [-0.15, -0.1) is 0 Å². The lowest BCUT2D eigenvalue weighted by Gasteiger charge is -2.18. The number of nitrogens with two attached hydrogens (primary N) is 1. The summed E-state index contributed by atoms with van der Waals surface area (Å²) in [6.07, 6.45) is -0.0986. The summed E-state index contributed by atoms with van der Waals surface area (Å²) in [5.41, 5.74) is 6.21. The van der Waals surface area contributed by atoms with Crippen molar-refractivity contribution in [1.29, 1.82) is 0 Å². The molecule has 0 saturated carbocycles. The Morgan fingerprint density at radius 3 is 2.67 bits per heavy atom. The molecule has 18 heavy (non-hydrogen) atoms. The van der Waals surface area contributed by atoms with Crippen LogP contribution < -0.4 is 10.5 Å². The van der Waals surface area contributed by atoms with Crippen molar-refractivity contribution in [2.75, 3.05) is 20.6 Å². The number of likely N-dealkylation sites (N-methyl/N-ethyl adjacent to an activating group) is 1. The van der Waals surface area contributed by atoms with E-state index in [9.17, 15) is 9.18 Å². The van der Waals surface area contributed by atoms with Gasteiger partial charge in [0.15, 0.2) is 17.7 Å². The topological polar surface area (TPSA) is 55.6 Å². The maximum absolute atomic E-state index is 13.7. The molecule has 0 aliphatic rings. The third kappa shape index (κ3) is 3.70. The van der Waals surface area contributed by atoms with Crippen LogP contribution in [0.4, 0.5) is 4.39 Å². The first kappa shape index (κ1) is 14.4. The van der Waals surface area contributed by atoms with Gasteiger partial charge in [-0.3, -0.25) is 4.79 Å². The summed E-state index contributed by atoms with van der Waals surface area (Å²) in [6, 6.07) is 4.66. The molecule has 1 unspecified atom stereocenters. The number of amides is 1. The molecule has 2 N–H and O–H groups in total. The Balaban J connectivity index is 2.76. The largest absolute Gasteiger partial charge is 0.478 e. The molecular weight excluding hydrogens is 235 g/mol. The average Bonchev–Trinajstić information content (AvgIpc) is 2.31. The van der Waals surface area contributed by atoms with E-state index in [-0.39, 0.29) is 11.7 Å². The van der Waals surface area contributed by atoms with E-state index >= 15 is 0 Å². The average molecular weight is 254 g/mol. The Morgan fingerprint density at radius 1 is 1.50 bits per heavy atom. The second-order valence-corrected chi connectivity index (χ2v) is 4.30. The molecule has 4 nitrogen and oxygen atoms in total. The molecular formula is C13H19FN2O2. The predicted molar refractivity (Wildman–Crippen MR) is 67.9 cm³/mol. The lowest BCUT2D eigenvalue weighted by molar-refractivity contribution is -0.135. The predicted octanol–water partition coefficient (Wildman–Crippen LogP) is 1.18. The van der Waals surface area contributed by atoms with Gasteiger partial charge in [0.1, 0.15) is 0 Å². The summed E-state index contributed by atoms with van der Waals surface area (Å²) >= 11 is 0. The summed E-state index contributed by atoms with van der Waals surface area (Å²) in [7, 11) is 3.26. The van der Waals surface area contributed by atoms with Crippen LogP contribution in [0.1, 0.15) is 12.5 Å². The van der Waals surface area contributed by atoms with Crippen LogP contribution in [0.3, 0.4) is 0 Å². The molecule has 0 aliphatic carbocycles. The van der Waals surface area contributed by atoms with Crippen molar-refractivity contribution >= 4 is 5.91 Å². The Morgan fingerprint density at radius 2 is 2.17 bits per heavy atom. The number of hydrogen-bond acceptors (Lipinski definition) is 3. The lowest BCUT2D eigenvalue weighted by Crippen LogP contribution is -2.35. The van der Waals surface area contributed by atoms with E-state index in [4.69, 9.17) is 10.5 Å². The van der Waals surface area contributed by atoms with Gasteiger partial charge >= 0.3 is 0 Å². The zero-order chi connectivity index (χ0) is 13.7. The van der Waals surface area contributed by atoms with E-state index in [0.717, 1.165) is 5.56 Å². The van der Waals surface area contributed by atoms with Gasteiger partial charge in [-0.1, -0.05) is 6.07 Å². The summed E-state index contributed by atoms with van der Waals surface area (Å²) in [4.78, 5) is 13.0. The van der Waals surface area contributed by atoms with Gasteiger partial charge in [-0.25, -0.2) is 4.39 Å². The van der Waals surface area contributed by atoms with E-state index in [1.165, 1.54) is 17.0 Å². The fourth-order valence-electron chi connectivity index (χ4n) is 1.57. The minimum absolute atomic E-state index is 0.0819. The van der Waals surface area contributed by atoms with Gasteiger partial charge < -0.3 is 15.4 Å². The van der Waals surface area contributed by atoms with Crippen LogP contribution in [0.25, 0.3) is 0 Å². The van der Waals surface area contributed by atoms with Crippen LogP contribution in [0.15, 0.2) is 18.2 Å². The number of hydrogen-bond donors (Lipinski definition) is 1. The smallest absolute Gasteiger partial charge is 0.262 e. The Bertz CT molecular complexity index is 421. The van der Waals surface area contributed by atoms with E-state index < -0.39 is 11.9 Å². The Hall–Kier alpha value is -1.62. The van der Waals surface area contributed by atoms with Gasteiger partial charge in [-0.05, 0) is 37.6 Å². The van der Waals surface area contributed by atoms with E-state index in [2.05, 4.69) is 0 Å². The lowest BCUT2D eigenvalue weighted by atomic mass is 10.1. The van der Waals surface area contributed by atoms with E-state index in [1.807, 2.05) is 0 Å².